The molecule has 1 aliphatic rings. The first-order valence-electron chi connectivity index (χ1n) is 10.8. The Bertz CT molecular complexity index is 794. The fourth-order valence-corrected chi connectivity index (χ4v) is 3.66. The van der Waals surface area contributed by atoms with E-state index in [1.807, 2.05) is 19.1 Å². The predicted molar refractivity (Wildman–Crippen MR) is 116 cm³/mol. The summed E-state index contributed by atoms with van der Waals surface area (Å²) in [7, 11) is 0. The topological polar surface area (TPSA) is 76.4 Å². The molecule has 0 spiro atoms. The van der Waals surface area contributed by atoms with E-state index in [0.29, 0.717) is 12.6 Å². The van der Waals surface area contributed by atoms with Crippen LogP contribution >= 0.6 is 0 Å². The van der Waals surface area contributed by atoms with E-state index in [1.54, 1.807) is 6.20 Å². The fourth-order valence-electron chi connectivity index (χ4n) is 3.66. The van der Waals surface area contributed by atoms with Crippen molar-refractivity contribution in [2.24, 2.45) is 4.99 Å². The quantitative estimate of drug-likeness (QED) is 0.385. The molecule has 2 N–H and O–H groups in total. The lowest BCUT2D eigenvalue weighted by atomic mass is 10.2. The molecule has 0 bridgehead atoms. The summed E-state index contributed by atoms with van der Waals surface area (Å²) in [4.78, 5) is 9.18. The Morgan fingerprint density at radius 1 is 1.28 bits per heavy atom. The molecule has 0 radical (unpaired) electrons. The van der Waals surface area contributed by atoms with Gasteiger partial charge in [0.25, 0.3) is 0 Å². The summed E-state index contributed by atoms with van der Waals surface area (Å²) >= 11 is 0. The van der Waals surface area contributed by atoms with Crippen molar-refractivity contribution in [3.63, 3.8) is 0 Å². The zero-order valence-electron chi connectivity index (χ0n) is 17.9. The van der Waals surface area contributed by atoms with E-state index in [2.05, 4.69) is 45.3 Å². The molecule has 2 heterocycles. The summed E-state index contributed by atoms with van der Waals surface area (Å²) in [6, 6.07) is 6.10. The van der Waals surface area contributed by atoms with Crippen LogP contribution in [0.5, 0.6) is 5.88 Å². The van der Waals surface area contributed by atoms with Gasteiger partial charge in [0.15, 0.2) is 5.96 Å². The van der Waals surface area contributed by atoms with Gasteiger partial charge in [0.05, 0.1) is 12.2 Å². The number of aliphatic imine (C=N–C) groups is 1. The lowest BCUT2D eigenvalue weighted by Crippen LogP contribution is -2.38. The number of nitrogens with zero attached hydrogens (tertiary/aromatic N) is 4. The molecule has 0 unspecified atom stereocenters. The van der Waals surface area contributed by atoms with E-state index in [1.165, 1.54) is 18.5 Å². The van der Waals surface area contributed by atoms with Crippen LogP contribution in [-0.4, -0.2) is 39.9 Å². The molecule has 158 valence electrons. The van der Waals surface area contributed by atoms with Crippen molar-refractivity contribution in [2.45, 2.75) is 72.1 Å². The minimum atomic E-state index is 0.299. The van der Waals surface area contributed by atoms with Crippen LogP contribution in [-0.2, 0) is 13.1 Å². The summed E-state index contributed by atoms with van der Waals surface area (Å²) < 4.78 is 8.19. The Morgan fingerprint density at radius 3 is 2.83 bits per heavy atom. The van der Waals surface area contributed by atoms with Gasteiger partial charge in [-0.3, -0.25) is 4.68 Å². The molecular weight excluding hydrogens is 364 g/mol. The van der Waals surface area contributed by atoms with Crippen molar-refractivity contribution in [3.8, 4) is 5.88 Å². The van der Waals surface area contributed by atoms with Crippen LogP contribution in [0.15, 0.2) is 29.4 Å². The Kier molecular flexibility index (Phi) is 7.90. The lowest BCUT2D eigenvalue weighted by Gasteiger charge is -2.15. The second-order valence-electron chi connectivity index (χ2n) is 7.62. The van der Waals surface area contributed by atoms with E-state index < -0.39 is 0 Å². The van der Waals surface area contributed by atoms with Gasteiger partial charge in [0.2, 0.25) is 5.88 Å². The van der Waals surface area contributed by atoms with Crippen molar-refractivity contribution in [3.05, 3.63) is 41.3 Å². The largest absolute Gasteiger partial charge is 0.474 e. The van der Waals surface area contributed by atoms with Gasteiger partial charge in [-0.2, -0.15) is 5.10 Å². The van der Waals surface area contributed by atoms with Crippen LogP contribution in [0.25, 0.3) is 0 Å². The minimum absolute atomic E-state index is 0.299. The van der Waals surface area contributed by atoms with E-state index >= 15 is 0 Å². The van der Waals surface area contributed by atoms with Gasteiger partial charge in [0, 0.05) is 37.1 Å². The van der Waals surface area contributed by atoms with Gasteiger partial charge in [-0.25, -0.2) is 9.98 Å². The molecule has 2 aromatic heterocycles. The van der Waals surface area contributed by atoms with Crippen LogP contribution < -0.4 is 15.4 Å². The van der Waals surface area contributed by atoms with E-state index in [4.69, 9.17) is 9.73 Å². The molecule has 1 saturated carbocycles. The first kappa shape index (κ1) is 21.1. The first-order valence-corrected chi connectivity index (χ1v) is 10.8. The molecule has 7 nitrogen and oxygen atoms in total. The van der Waals surface area contributed by atoms with Gasteiger partial charge in [-0.15, -0.1) is 0 Å². The molecular formula is C22H34N6O. The number of aryl methyl sites for hydroxylation is 3. The van der Waals surface area contributed by atoms with E-state index in [0.717, 1.165) is 62.0 Å². The third-order valence-corrected chi connectivity index (χ3v) is 5.12. The standard InChI is InChI=1S/C22H34N6O/c1-4-23-22(25-13-8-14-28-18(3)15-17(2)27-28)26-16-19-9-7-12-24-21(19)29-20-10-5-6-11-20/h7,9,12,15,20H,4-6,8,10-11,13-14,16H2,1-3H3,(H2,23,25,26). The van der Waals surface area contributed by atoms with Crippen LogP contribution in [0.1, 0.15) is 56.0 Å². The van der Waals surface area contributed by atoms with Crippen molar-refractivity contribution in [1.29, 1.82) is 0 Å². The Morgan fingerprint density at radius 2 is 2.10 bits per heavy atom. The Labute approximate surface area is 174 Å². The van der Waals surface area contributed by atoms with Crippen molar-refractivity contribution in [1.82, 2.24) is 25.4 Å². The highest BCUT2D eigenvalue weighted by molar-refractivity contribution is 5.79. The van der Waals surface area contributed by atoms with Gasteiger partial charge < -0.3 is 15.4 Å². The molecule has 0 aliphatic heterocycles. The molecule has 0 amide bonds. The number of ether oxygens (including phenoxy) is 1. The Balaban J connectivity index is 1.52. The van der Waals surface area contributed by atoms with E-state index in [-0.39, 0.29) is 0 Å². The maximum Gasteiger partial charge on any atom is 0.218 e. The molecule has 3 rings (SSSR count). The number of pyridine rings is 1. The molecule has 29 heavy (non-hydrogen) atoms. The third-order valence-electron chi connectivity index (χ3n) is 5.12. The second-order valence-corrected chi connectivity index (χ2v) is 7.62. The highest BCUT2D eigenvalue weighted by Gasteiger charge is 2.18. The zero-order valence-corrected chi connectivity index (χ0v) is 17.9. The van der Waals surface area contributed by atoms with Crippen LogP contribution in [0, 0.1) is 13.8 Å². The minimum Gasteiger partial charge on any atom is -0.474 e. The maximum absolute atomic E-state index is 6.13. The maximum atomic E-state index is 6.13. The van der Waals surface area contributed by atoms with Gasteiger partial charge in [-0.05, 0) is 65.0 Å². The molecule has 0 saturated heterocycles. The van der Waals surface area contributed by atoms with Gasteiger partial charge in [-0.1, -0.05) is 6.07 Å². The molecule has 0 aromatic carbocycles. The normalized spacial score (nSPS) is 14.9. The number of hydrogen-bond donors (Lipinski definition) is 2. The van der Waals surface area contributed by atoms with Crippen LogP contribution in [0.2, 0.25) is 0 Å². The molecule has 2 aromatic rings. The highest BCUT2D eigenvalue weighted by atomic mass is 16.5. The molecule has 7 heteroatoms. The fraction of sp³-hybridized carbons (Fsp3) is 0.591. The number of aromatic nitrogens is 3. The van der Waals surface area contributed by atoms with Gasteiger partial charge in [0.1, 0.15) is 6.10 Å². The first-order chi connectivity index (χ1) is 14.2. The van der Waals surface area contributed by atoms with Crippen molar-refractivity contribution < 1.29 is 4.74 Å². The second kappa shape index (κ2) is 10.8. The summed E-state index contributed by atoms with van der Waals surface area (Å²) in [6.07, 6.45) is 7.81. The summed E-state index contributed by atoms with van der Waals surface area (Å²) in [5.74, 6) is 1.54. The number of nitrogens with one attached hydrogen (secondary N) is 2. The molecule has 1 fully saturated rings. The van der Waals surface area contributed by atoms with Crippen molar-refractivity contribution in [2.75, 3.05) is 13.1 Å². The van der Waals surface area contributed by atoms with Gasteiger partial charge >= 0.3 is 0 Å². The molecule has 1 aliphatic carbocycles. The average molecular weight is 399 g/mol. The summed E-state index contributed by atoms with van der Waals surface area (Å²) in [5, 5.41) is 11.2. The average Bonchev–Trinajstić information content (AvgIpc) is 3.33. The van der Waals surface area contributed by atoms with Crippen LogP contribution in [0.3, 0.4) is 0 Å². The number of guanidine groups is 1. The smallest absolute Gasteiger partial charge is 0.218 e. The summed E-state index contributed by atoms with van der Waals surface area (Å²) in [5.41, 5.74) is 3.30. The summed E-state index contributed by atoms with van der Waals surface area (Å²) in [6.45, 7) is 9.30. The third kappa shape index (κ3) is 6.48. The highest BCUT2D eigenvalue weighted by Crippen LogP contribution is 2.25. The predicted octanol–water partition coefficient (Wildman–Crippen LogP) is 3.36. The van der Waals surface area contributed by atoms with Crippen LogP contribution in [0.4, 0.5) is 0 Å². The van der Waals surface area contributed by atoms with Crippen molar-refractivity contribution >= 4 is 5.96 Å². The number of hydrogen-bond acceptors (Lipinski definition) is 4. The molecule has 0 atom stereocenters. The SMILES string of the molecule is CCNC(=NCc1cccnc1OC1CCCC1)NCCCn1nc(C)cc1C. The lowest BCUT2D eigenvalue weighted by molar-refractivity contribution is 0.199. The van der Waals surface area contributed by atoms with E-state index in [9.17, 15) is 0 Å². The zero-order chi connectivity index (χ0) is 20.5. The number of rotatable bonds is 9. The Hall–Kier alpha value is -2.57. The monoisotopic (exact) mass is 398 g/mol.